The average molecular weight is 320 g/mol. The molecule has 2 N–H and O–H groups in total. The molecule has 0 spiro atoms. The molecule has 1 aliphatic rings. The molecule has 0 aliphatic carbocycles. The zero-order chi connectivity index (χ0) is 14.7. The number of thioether (sulfide) groups is 1. The Morgan fingerprint density at radius 1 is 1.24 bits per heavy atom. The minimum absolute atomic E-state index is 0.336. The molecule has 1 saturated heterocycles. The third kappa shape index (κ3) is 3.28. The van der Waals surface area contributed by atoms with Gasteiger partial charge in [0.25, 0.3) is 5.91 Å². The number of carbonyl (C=O) groups excluding carboxylic acids is 1. The van der Waals surface area contributed by atoms with Crippen LogP contribution in [0.1, 0.15) is 12.8 Å². The van der Waals surface area contributed by atoms with E-state index in [0.29, 0.717) is 18.0 Å². The smallest absolute Gasteiger partial charge is 0.258 e. The molecule has 1 fully saturated rings. The first kappa shape index (κ1) is 14.6. The van der Waals surface area contributed by atoms with Crippen molar-refractivity contribution in [3.63, 3.8) is 0 Å². The van der Waals surface area contributed by atoms with Gasteiger partial charge in [0.1, 0.15) is 5.60 Å². The Labute approximate surface area is 131 Å². The van der Waals surface area contributed by atoms with Crippen LogP contribution in [0.3, 0.4) is 0 Å². The molecule has 4 nitrogen and oxygen atoms in total. The van der Waals surface area contributed by atoms with Gasteiger partial charge in [-0.25, -0.2) is 4.98 Å². The van der Waals surface area contributed by atoms with Gasteiger partial charge >= 0.3 is 0 Å². The number of anilines is 1. The number of hydrogen-bond acceptors (Lipinski definition) is 5. The van der Waals surface area contributed by atoms with Gasteiger partial charge in [0, 0.05) is 10.9 Å². The van der Waals surface area contributed by atoms with E-state index in [2.05, 4.69) is 10.3 Å². The number of aromatic nitrogens is 1. The molecule has 110 valence electrons. The molecule has 0 radical (unpaired) electrons. The summed E-state index contributed by atoms with van der Waals surface area (Å²) in [6, 6.07) is 9.82. The zero-order valence-corrected chi connectivity index (χ0v) is 13.0. The van der Waals surface area contributed by atoms with E-state index in [-0.39, 0.29) is 5.91 Å². The number of nitrogens with one attached hydrogen (secondary N) is 1. The number of rotatable bonds is 3. The van der Waals surface area contributed by atoms with Crippen molar-refractivity contribution in [3.05, 3.63) is 35.7 Å². The Kier molecular flexibility index (Phi) is 4.28. The number of amides is 1. The van der Waals surface area contributed by atoms with Crippen LogP contribution in [0.25, 0.3) is 11.3 Å². The van der Waals surface area contributed by atoms with Crippen molar-refractivity contribution < 1.29 is 9.90 Å². The summed E-state index contributed by atoms with van der Waals surface area (Å²) in [6.07, 6.45) is 1.00. The Morgan fingerprint density at radius 3 is 2.67 bits per heavy atom. The van der Waals surface area contributed by atoms with Crippen LogP contribution in [0.15, 0.2) is 35.7 Å². The maximum atomic E-state index is 12.2. The standard InChI is InChI=1S/C15H16N2O2S2/c18-13(15(19)6-8-20-9-7-15)17-14-16-12(10-21-14)11-4-2-1-3-5-11/h1-5,10,19H,6-9H2,(H,16,17,18). The second-order valence-electron chi connectivity index (χ2n) is 5.00. The van der Waals surface area contributed by atoms with Gasteiger partial charge in [0.2, 0.25) is 0 Å². The first-order chi connectivity index (χ1) is 10.2. The lowest BCUT2D eigenvalue weighted by atomic mass is 9.96. The van der Waals surface area contributed by atoms with Gasteiger partial charge in [-0.3, -0.25) is 10.1 Å². The van der Waals surface area contributed by atoms with Crippen molar-refractivity contribution in [2.24, 2.45) is 0 Å². The van der Waals surface area contributed by atoms with E-state index in [1.165, 1.54) is 11.3 Å². The van der Waals surface area contributed by atoms with E-state index in [9.17, 15) is 9.90 Å². The Balaban J connectivity index is 1.71. The molecule has 21 heavy (non-hydrogen) atoms. The number of nitrogens with zero attached hydrogens (tertiary/aromatic N) is 1. The SMILES string of the molecule is O=C(Nc1nc(-c2ccccc2)cs1)C1(O)CCSCC1. The summed E-state index contributed by atoms with van der Waals surface area (Å²) in [5, 5.41) is 15.6. The summed E-state index contributed by atoms with van der Waals surface area (Å²) >= 11 is 3.15. The van der Waals surface area contributed by atoms with Crippen LogP contribution in [0.4, 0.5) is 5.13 Å². The Hall–Kier alpha value is -1.37. The normalized spacial score (nSPS) is 17.4. The summed E-state index contributed by atoms with van der Waals surface area (Å²) in [5.74, 6) is 1.30. The lowest BCUT2D eigenvalue weighted by Crippen LogP contribution is -2.45. The average Bonchev–Trinajstić information content (AvgIpc) is 2.97. The minimum Gasteiger partial charge on any atom is -0.380 e. The third-order valence-corrected chi connectivity index (χ3v) is 5.28. The summed E-state index contributed by atoms with van der Waals surface area (Å²) in [6.45, 7) is 0. The van der Waals surface area contributed by atoms with Gasteiger partial charge in [-0.2, -0.15) is 11.8 Å². The van der Waals surface area contributed by atoms with Gasteiger partial charge in [-0.05, 0) is 24.3 Å². The fraction of sp³-hybridized carbons (Fsp3) is 0.333. The molecule has 1 aromatic carbocycles. The van der Waals surface area contributed by atoms with Crippen LogP contribution in [0.2, 0.25) is 0 Å². The monoisotopic (exact) mass is 320 g/mol. The quantitative estimate of drug-likeness (QED) is 0.912. The molecule has 1 aliphatic heterocycles. The van der Waals surface area contributed by atoms with Crippen molar-refractivity contribution in [1.29, 1.82) is 0 Å². The predicted molar refractivity (Wildman–Crippen MR) is 87.7 cm³/mol. The highest BCUT2D eigenvalue weighted by Gasteiger charge is 2.37. The van der Waals surface area contributed by atoms with Crippen molar-refractivity contribution in [3.8, 4) is 11.3 Å². The van der Waals surface area contributed by atoms with Gasteiger partial charge in [-0.15, -0.1) is 11.3 Å². The van der Waals surface area contributed by atoms with Crippen LogP contribution in [0, 0.1) is 0 Å². The van der Waals surface area contributed by atoms with E-state index >= 15 is 0 Å². The fourth-order valence-electron chi connectivity index (χ4n) is 2.22. The van der Waals surface area contributed by atoms with Crippen molar-refractivity contribution in [2.45, 2.75) is 18.4 Å². The van der Waals surface area contributed by atoms with Crippen LogP contribution in [0.5, 0.6) is 0 Å². The summed E-state index contributed by atoms with van der Waals surface area (Å²) in [4.78, 5) is 16.6. The first-order valence-electron chi connectivity index (χ1n) is 6.80. The van der Waals surface area contributed by atoms with Gasteiger partial charge in [-0.1, -0.05) is 30.3 Å². The molecule has 0 saturated carbocycles. The van der Waals surface area contributed by atoms with Crippen LogP contribution < -0.4 is 5.32 Å². The molecular weight excluding hydrogens is 304 g/mol. The van der Waals surface area contributed by atoms with Crippen molar-refractivity contribution in [1.82, 2.24) is 4.98 Å². The lowest BCUT2D eigenvalue weighted by Gasteiger charge is -2.29. The number of thiazole rings is 1. The number of hydrogen-bond donors (Lipinski definition) is 2. The third-order valence-electron chi connectivity index (χ3n) is 3.54. The molecule has 0 bridgehead atoms. The van der Waals surface area contributed by atoms with Gasteiger partial charge < -0.3 is 5.11 Å². The highest BCUT2D eigenvalue weighted by atomic mass is 32.2. The number of benzene rings is 1. The van der Waals surface area contributed by atoms with E-state index in [1.54, 1.807) is 11.8 Å². The van der Waals surface area contributed by atoms with E-state index in [1.807, 2.05) is 35.7 Å². The van der Waals surface area contributed by atoms with Gasteiger partial charge in [0.15, 0.2) is 5.13 Å². The van der Waals surface area contributed by atoms with E-state index < -0.39 is 5.60 Å². The number of carbonyl (C=O) groups is 1. The predicted octanol–water partition coefficient (Wildman–Crippen LogP) is 3.01. The molecule has 3 rings (SSSR count). The Morgan fingerprint density at radius 2 is 1.95 bits per heavy atom. The second kappa shape index (κ2) is 6.17. The molecule has 2 aromatic rings. The van der Waals surface area contributed by atoms with E-state index in [4.69, 9.17) is 0 Å². The molecule has 6 heteroatoms. The van der Waals surface area contributed by atoms with Crippen molar-refractivity contribution in [2.75, 3.05) is 16.8 Å². The zero-order valence-electron chi connectivity index (χ0n) is 11.4. The largest absolute Gasteiger partial charge is 0.380 e. The first-order valence-corrected chi connectivity index (χ1v) is 8.83. The Bertz CT molecular complexity index is 622. The minimum atomic E-state index is -1.25. The highest BCUT2D eigenvalue weighted by molar-refractivity contribution is 7.99. The molecule has 1 amide bonds. The van der Waals surface area contributed by atoms with E-state index in [0.717, 1.165) is 22.8 Å². The summed E-state index contributed by atoms with van der Waals surface area (Å²) in [5.41, 5.74) is 0.605. The summed E-state index contributed by atoms with van der Waals surface area (Å²) in [7, 11) is 0. The maximum absolute atomic E-state index is 12.2. The molecular formula is C15H16N2O2S2. The molecule has 0 atom stereocenters. The summed E-state index contributed by atoms with van der Waals surface area (Å²) < 4.78 is 0. The maximum Gasteiger partial charge on any atom is 0.258 e. The van der Waals surface area contributed by atoms with Crippen LogP contribution in [-0.2, 0) is 4.79 Å². The highest BCUT2D eigenvalue weighted by Crippen LogP contribution is 2.30. The molecule has 2 heterocycles. The fourth-order valence-corrected chi connectivity index (χ4v) is 4.11. The molecule has 1 aromatic heterocycles. The van der Waals surface area contributed by atoms with Crippen LogP contribution in [-0.4, -0.2) is 33.1 Å². The van der Waals surface area contributed by atoms with Gasteiger partial charge in [0.05, 0.1) is 5.69 Å². The molecule has 0 unspecified atom stereocenters. The lowest BCUT2D eigenvalue weighted by molar-refractivity contribution is -0.134. The number of aliphatic hydroxyl groups is 1. The van der Waals surface area contributed by atoms with Crippen molar-refractivity contribution >= 4 is 34.1 Å². The topological polar surface area (TPSA) is 62.2 Å². The second-order valence-corrected chi connectivity index (χ2v) is 7.08. The van der Waals surface area contributed by atoms with Crippen LogP contribution >= 0.6 is 23.1 Å².